The Hall–Kier alpha value is -2.76. The van der Waals surface area contributed by atoms with Crippen molar-refractivity contribution in [1.29, 1.82) is 0 Å². The number of ether oxygens (including phenoxy) is 1. The van der Waals surface area contributed by atoms with E-state index in [0.717, 1.165) is 18.7 Å². The smallest absolute Gasteiger partial charge is 0.268 e. The molecule has 1 aliphatic rings. The normalized spacial score (nSPS) is 13.8. The summed E-state index contributed by atoms with van der Waals surface area (Å²) < 4.78 is 6.56. The Kier molecular flexibility index (Phi) is 5.07. The molecule has 1 saturated heterocycles. The van der Waals surface area contributed by atoms with Crippen molar-refractivity contribution in [2.45, 2.75) is 19.4 Å². The van der Waals surface area contributed by atoms with Crippen LogP contribution in [0.1, 0.15) is 28.9 Å². The van der Waals surface area contributed by atoms with Gasteiger partial charge in [0.05, 0.1) is 13.3 Å². The highest BCUT2D eigenvalue weighted by atomic mass is 16.5. The molecule has 0 unspecified atom stereocenters. The summed E-state index contributed by atoms with van der Waals surface area (Å²) >= 11 is 0. The SMILES string of the molecule is COc1cn(C)c(C(=O)NCc2ccc(N3CCCC3)cc2)cc1=O. The van der Waals surface area contributed by atoms with Gasteiger partial charge in [0.2, 0.25) is 5.43 Å². The fourth-order valence-electron chi connectivity index (χ4n) is 3.06. The third-order valence-corrected chi connectivity index (χ3v) is 4.51. The highest BCUT2D eigenvalue weighted by molar-refractivity contribution is 5.92. The van der Waals surface area contributed by atoms with Crippen LogP contribution in [0.3, 0.4) is 0 Å². The zero-order valence-corrected chi connectivity index (χ0v) is 14.6. The Labute approximate surface area is 147 Å². The molecule has 1 aromatic carbocycles. The second kappa shape index (κ2) is 7.42. The van der Waals surface area contributed by atoms with Crippen LogP contribution >= 0.6 is 0 Å². The number of anilines is 1. The lowest BCUT2D eigenvalue weighted by Gasteiger charge is -2.17. The molecule has 1 N–H and O–H groups in total. The number of carbonyl (C=O) groups excluding carboxylic acids is 1. The van der Waals surface area contributed by atoms with Crippen LogP contribution in [0, 0.1) is 0 Å². The molecule has 0 spiro atoms. The molecule has 0 aliphatic carbocycles. The number of carbonyl (C=O) groups is 1. The van der Waals surface area contributed by atoms with Crippen molar-refractivity contribution in [3.8, 4) is 5.75 Å². The van der Waals surface area contributed by atoms with Crippen LogP contribution in [0.5, 0.6) is 5.75 Å². The largest absolute Gasteiger partial charge is 0.491 e. The van der Waals surface area contributed by atoms with E-state index in [1.807, 2.05) is 12.1 Å². The molecule has 132 valence electrons. The third-order valence-electron chi connectivity index (χ3n) is 4.51. The fraction of sp³-hybridized carbons (Fsp3) is 0.368. The molecule has 1 fully saturated rings. The highest BCUT2D eigenvalue weighted by Gasteiger charge is 2.13. The molecule has 3 rings (SSSR count). The van der Waals surface area contributed by atoms with Crippen molar-refractivity contribution in [3.63, 3.8) is 0 Å². The van der Waals surface area contributed by atoms with Gasteiger partial charge in [-0.3, -0.25) is 9.59 Å². The van der Waals surface area contributed by atoms with Crippen molar-refractivity contribution in [2.24, 2.45) is 7.05 Å². The lowest BCUT2D eigenvalue weighted by atomic mass is 10.2. The molecule has 0 radical (unpaired) electrons. The number of nitrogens with zero attached hydrogens (tertiary/aromatic N) is 2. The fourth-order valence-corrected chi connectivity index (χ4v) is 3.06. The van der Waals surface area contributed by atoms with E-state index in [1.54, 1.807) is 11.6 Å². The van der Waals surface area contributed by atoms with Crippen LogP contribution in [-0.2, 0) is 13.6 Å². The second-order valence-corrected chi connectivity index (χ2v) is 6.25. The number of benzene rings is 1. The van der Waals surface area contributed by atoms with Crippen LogP contribution in [-0.4, -0.2) is 30.7 Å². The standard InChI is InChI=1S/C19H23N3O3/c1-21-13-18(25-2)17(23)11-16(21)19(24)20-12-14-5-7-15(8-6-14)22-9-3-4-10-22/h5-8,11,13H,3-4,9-10,12H2,1-2H3,(H,20,24). The number of nitrogens with one attached hydrogen (secondary N) is 1. The maximum Gasteiger partial charge on any atom is 0.268 e. The molecule has 0 saturated carbocycles. The number of pyridine rings is 1. The molecule has 0 bridgehead atoms. The van der Waals surface area contributed by atoms with E-state index < -0.39 is 0 Å². The molecule has 1 aromatic heterocycles. The van der Waals surface area contributed by atoms with Crippen molar-refractivity contribution < 1.29 is 9.53 Å². The van der Waals surface area contributed by atoms with Gasteiger partial charge in [-0.25, -0.2) is 0 Å². The number of aromatic nitrogens is 1. The minimum Gasteiger partial charge on any atom is -0.491 e. The lowest BCUT2D eigenvalue weighted by Crippen LogP contribution is -2.27. The molecule has 2 aromatic rings. The van der Waals surface area contributed by atoms with E-state index >= 15 is 0 Å². The average Bonchev–Trinajstić information content (AvgIpc) is 3.16. The van der Waals surface area contributed by atoms with E-state index in [-0.39, 0.29) is 17.1 Å². The Balaban J connectivity index is 1.64. The van der Waals surface area contributed by atoms with E-state index in [4.69, 9.17) is 4.74 Å². The quantitative estimate of drug-likeness (QED) is 0.902. The maximum absolute atomic E-state index is 12.3. The molecule has 25 heavy (non-hydrogen) atoms. The summed E-state index contributed by atoms with van der Waals surface area (Å²) in [5.41, 5.74) is 2.25. The summed E-state index contributed by atoms with van der Waals surface area (Å²) in [6.45, 7) is 2.64. The van der Waals surface area contributed by atoms with Crippen LogP contribution < -0.4 is 20.4 Å². The monoisotopic (exact) mass is 341 g/mol. The summed E-state index contributed by atoms with van der Waals surface area (Å²) in [6.07, 6.45) is 4.01. The number of hydrogen-bond donors (Lipinski definition) is 1. The molecule has 6 nitrogen and oxygen atoms in total. The van der Waals surface area contributed by atoms with Crippen LogP contribution in [0.2, 0.25) is 0 Å². The van der Waals surface area contributed by atoms with Crippen molar-refractivity contribution in [3.05, 3.63) is 58.0 Å². The minimum absolute atomic E-state index is 0.219. The molecular weight excluding hydrogens is 318 g/mol. The van der Waals surface area contributed by atoms with Crippen LogP contribution in [0.25, 0.3) is 0 Å². The number of hydrogen-bond acceptors (Lipinski definition) is 4. The van der Waals surface area contributed by atoms with E-state index in [1.165, 1.54) is 37.9 Å². The van der Waals surface area contributed by atoms with Gasteiger partial charge in [0.1, 0.15) is 5.69 Å². The minimum atomic E-state index is -0.305. The summed E-state index contributed by atoms with van der Waals surface area (Å²) in [4.78, 5) is 26.6. The van der Waals surface area contributed by atoms with Gasteiger partial charge in [-0.2, -0.15) is 0 Å². The van der Waals surface area contributed by atoms with E-state index in [2.05, 4.69) is 22.3 Å². The Bertz CT molecular complexity index is 806. The van der Waals surface area contributed by atoms with Gasteiger partial charge >= 0.3 is 0 Å². The number of methoxy groups -OCH3 is 1. The number of rotatable bonds is 5. The van der Waals surface area contributed by atoms with Crippen LogP contribution in [0.4, 0.5) is 5.69 Å². The molecular formula is C19H23N3O3. The average molecular weight is 341 g/mol. The first-order chi connectivity index (χ1) is 12.1. The Morgan fingerprint density at radius 2 is 1.88 bits per heavy atom. The molecule has 2 heterocycles. The first-order valence-electron chi connectivity index (χ1n) is 8.45. The third kappa shape index (κ3) is 3.84. The van der Waals surface area contributed by atoms with Gasteiger partial charge < -0.3 is 19.5 Å². The summed E-state index contributed by atoms with van der Waals surface area (Å²) in [5, 5.41) is 2.86. The van der Waals surface area contributed by atoms with Crippen molar-refractivity contribution in [2.75, 3.05) is 25.1 Å². The van der Waals surface area contributed by atoms with Gasteiger partial charge in [-0.15, -0.1) is 0 Å². The van der Waals surface area contributed by atoms with Gasteiger partial charge in [0, 0.05) is 38.4 Å². The van der Waals surface area contributed by atoms with Crippen molar-refractivity contribution in [1.82, 2.24) is 9.88 Å². The summed E-state index contributed by atoms with van der Waals surface area (Å²) in [6, 6.07) is 9.54. The van der Waals surface area contributed by atoms with E-state index in [0.29, 0.717) is 12.2 Å². The molecule has 1 amide bonds. The maximum atomic E-state index is 12.3. The van der Waals surface area contributed by atoms with Gasteiger partial charge in [0.15, 0.2) is 5.75 Å². The number of amides is 1. The molecule has 6 heteroatoms. The second-order valence-electron chi connectivity index (χ2n) is 6.25. The van der Waals surface area contributed by atoms with Gasteiger partial charge in [-0.1, -0.05) is 12.1 Å². The predicted octanol–water partition coefficient (Wildman–Crippen LogP) is 1.92. The lowest BCUT2D eigenvalue weighted by molar-refractivity contribution is 0.0941. The first kappa shape index (κ1) is 17.1. The Morgan fingerprint density at radius 3 is 2.52 bits per heavy atom. The zero-order valence-electron chi connectivity index (χ0n) is 14.6. The predicted molar refractivity (Wildman–Crippen MR) is 97.3 cm³/mol. The van der Waals surface area contributed by atoms with Gasteiger partial charge in [0.25, 0.3) is 5.91 Å². The van der Waals surface area contributed by atoms with Crippen LogP contribution in [0.15, 0.2) is 41.3 Å². The zero-order chi connectivity index (χ0) is 17.8. The summed E-state index contributed by atoms with van der Waals surface area (Å²) in [7, 11) is 3.14. The molecule has 1 aliphatic heterocycles. The Morgan fingerprint density at radius 1 is 1.20 bits per heavy atom. The highest BCUT2D eigenvalue weighted by Crippen LogP contribution is 2.20. The summed E-state index contributed by atoms with van der Waals surface area (Å²) in [5.74, 6) is -0.0672. The molecule has 0 atom stereocenters. The number of aryl methyl sites for hydroxylation is 1. The van der Waals surface area contributed by atoms with Crippen molar-refractivity contribution >= 4 is 11.6 Å². The van der Waals surface area contributed by atoms with Gasteiger partial charge in [-0.05, 0) is 30.5 Å². The first-order valence-corrected chi connectivity index (χ1v) is 8.45. The topological polar surface area (TPSA) is 63.6 Å². The van der Waals surface area contributed by atoms with E-state index in [9.17, 15) is 9.59 Å².